The highest BCUT2D eigenvalue weighted by molar-refractivity contribution is 5.87. The molecule has 2 rings (SSSR count). The third-order valence-corrected chi connectivity index (χ3v) is 2.39. The van der Waals surface area contributed by atoms with Crippen molar-refractivity contribution in [1.82, 2.24) is 9.97 Å². The molecule has 0 N–H and O–H groups in total. The topological polar surface area (TPSA) is 52.1 Å². The summed E-state index contributed by atoms with van der Waals surface area (Å²) in [5, 5.41) is 0. The van der Waals surface area contributed by atoms with Crippen LogP contribution in [0.15, 0.2) is 36.4 Å². The third-order valence-electron chi connectivity index (χ3n) is 2.39. The molecule has 4 heteroatoms. The summed E-state index contributed by atoms with van der Waals surface area (Å²) in [6.45, 7) is 3.82. The van der Waals surface area contributed by atoms with E-state index in [-0.39, 0.29) is 6.61 Å². The molecular weight excluding hydrogens is 228 g/mol. The van der Waals surface area contributed by atoms with Gasteiger partial charge in [0.05, 0.1) is 0 Å². The first-order valence-electron chi connectivity index (χ1n) is 5.68. The summed E-state index contributed by atoms with van der Waals surface area (Å²) in [6.07, 6.45) is 0. The number of ether oxygens (including phenoxy) is 1. The van der Waals surface area contributed by atoms with Crippen LogP contribution in [0, 0.1) is 13.8 Å². The molecule has 1 aromatic heterocycles. The molecule has 0 atom stereocenters. The average Bonchev–Trinajstić information content (AvgIpc) is 2.36. The van der Waals surface area contributed by atoms with Crippen molar-refractivity contribution in [1.29, 1.82) is 0 Å². The molecule has 0 unspecified atom stereocenters. The lowest BCUT2D eigenvalue weighted by Crippen LogP contribution is -2.09. The van der Waals surface area contributed by atoms with Gasteiger partial charge >= 0.3 is 5.97 Å². The lowest BCUT2D eigenvalue weighted by Gasteiger charge is -2.05. The Kier molecular flexibility index (Phi) is 3.67. The Bertz CT molecular complexity index is 533. The van der Waals surface area contributed by atoms with Crippen molar-refractivity contribution >= 4 is 5.97 Å². The van der Waals surface area contributed by atoms with Gasteiger partial charge < -0.3 is 4.74 Å². The van der Waals surface area contributed by atoms with Crippen molar-refractivity contribution in [2.24, 2.45) is 0 Å². The smallest absolute Gasteiger partial charge is 0.357 e. The second kappa shape index (κ2) is 5.40. The van der Waals surface area contributed by atoms with Crippen LogP contribution in [-0.4, -0.2) is 15.9 Å². The number of esters is 1. The Hall–Kier alpha value is -2.23. The van der Waals surface area contributed by atoms with Crippen molar-refractivity contribution in [3.63, 3.8) is 0 Å². The zero-order chi connectivity index (χ0) is 13.0. The fourth-order valence-corrected chi connectivity index (χ4v) is 1.62. The summed E-state index contributed by atoms with van der Waals surface area (Å²) >= 11 is 0. The molecule has 0 fully saturated rings. The van der Waals surface area contributed by atoms with Crippen molar-refractivity contribution in [2.75, 3.05) is 0 Å². The minimum atomic E-state index is -0.424. The van der Waals surface area contributed by atoms with Gasteiger partial charge in [0.1, 0.15) is 12.4 Å². The number of aryl methyl sites for hydroxylation is 2. The van der Waals surface area contributed by atoms with E-state index in [1.807, 2.05) is 37.3 Å². The Labute approximate surface area is 106 Å². The van der Waals surface area contributed by atoms with E-state index in [1.165, 1.54) is 0 Å². The van der Waals surface area contributed by atoms with Crippen LogP contribution >= 0.6 is 0 Å². The lowest BCUT2D eigenvalue weighted by molar-refractivity contribution is 0.0465. The molecule has 1 heterocycles. The molecule has 0 saturated heterocycles. The van der Waals surface area contributed by atoms with E-state index >= 15 is 0 Å². The maximum absolute atomic E-state index is 11.8. The van der Waals surface area contributed by atoms with Gasteiger partial charge in [-0.2, -0.15) is 0 Å². The van der Waals surface area contributed by atoms with Gasteiger partial charge in [0.15, 0.2) is 5.69 Å². The third kappa shape index (κ3) is 3.13. The molecule has 0 radical (unpaired) electrons. The highest BCUT2D eigenvalue weighted by Gasteiger charge is 2.10. The molecule has 18 heavy (non-hydrogen) atoms. The number of carbonyl (C=O) groups is 1. The normalized spacial score (nSPS) is 10.1. The number of hydrogen-bond donors (Lipinski definition) is 0. The second-order valence-electron chi connectivity index (χ2n) is 4.00. The predicted molar refractivity (Wildman–Crippen MR) is 67.1 cm³/mol. The Morgan fingerprint density at radius 2 is 1.89 bits per heavy atom. The second-order valence-corrected chi connectivity index (χ2v) is 4.00. The summed E-state index contributed by atoms with van der Waals surface area (Å²) in [5.41, 5.74) is 2.01. The van der Waals surface area contributed by atoms with Crippen LogP contribution in [0.1, 0.15) is 27.6 Å². The van der Waals surface area contributed by atoms with Crippen LogP contribution in [-0.2, 0) is 11.3 Å². The van der Waals surface area contributed by atoms with Gasteiger partial charge in [0.2, 0.25) is 0 Å². The summed E-state index contributed by atoms with van der Waals surface area (Å²) in [6, 6.07) is 11.2. The van der Waals surface area contributed by atoms with E-state index in [0.29, 0.717) is 11.5 Å². The molecule has 2 aromatic rings. The molecule has 0 bridgehead atoms. The molecule has 4 nitrogen and oxygen atoms in total. The molecule has 0 amide bonds. The zero-order valence-corrected chi connectivity index (χ0v) is 10.4. The fraction of sp³-hybridized carbons (Fsp3) is 0.214. The lowest BCUT2D eigenvalue weighted by atomic mass is 10.2. The van der Waals surface area contributed by atoms with E-state index < -0.39 is 5.97 Å². The van der Waals surface area contributed by atoms with Crippen molar-refractivity contribution in [3.8, 4) is 0 Å². The Morgan fingerprint density at radius 1 is 1.17 bits per heavy atom. The highest BCUT2D eigenvalue weighted by atomic mass is 16.5. The quantitative estimate of drug-likeness (QED) is 0.776. The summed E-state index contributed by atoms with van der Waals surface area (Å²) in [5.74, 6) is 0.147. The molecule has 92 valence electrons. The van der Waals surface area contributed by atoms with Crippen LogP contribution in [0.5, 0.6) is 0 Å². The van der Waals surface area contributed by atoms with E-state index in [9.17, 15) is 4.79 Å². The first-order chi connectivity index (χ1) is 8.65. The van der Waals surface area contributed by atoms with Crippen LogP contribution in [0.2, 0.25) is 0 Å². The minimum absolute atomic E-state index is 0.252. The van der Waals surface area contributed by atoms with Gasteiger partial charge in [-0.15, -0.1) is 0 Å². The highest BCUT2D eigenvalue weighted by Crippen LogP contribution is 2.06. The van der Waals surface area contributed by atoms with Gasteiger partial charge in [0, 0.05) is 5.69 Å². The molecule has 0 aliphatic carbocycles. The number of benzene rings is 1. The Morgan fingerprint density at radius 3 is 2.56 bits per heavy atom. The maximum Gasteiger partial charge on any atom is 0.357 e. The summed E-state index contributed by atoms with van der Waals surface area (Å²) in [7, 11) is 0. The standard InChI is InChI=1S/C14H14N2O2/c1-10-8-13(16-11(2)15-10)14(17)18-9-12-6-4-3-5-7-12/h3-8H,9H2,1-2H3. The SMILES string of the molecule is Cc1cc(C(=O)OCc2ccccc2)nc(C)n1. The zero-order valence-electron chi connectivity index (χ0n) is 10.4. The molecule has 0 spiro atoms. The van der Waals surface area contributed by atoms with Crippen molar-refractivity contribution in [3.05, 3.63) is 59.2 Å². The predicted octanol–water partition coefficient (Wildman–Crippen LogP) is 2.45. The van der Waals surface area contributed by atoms with Crippen LogP contribution in [0.3, 0.4) is 0 Å². The molecule has 1 aromatic carbocycles. The van der Waals surface area contributed by atoms with Crippen LogP contribution in [0.4, 0.5) is 0 Å². The first-order valence-corrected chi connectivity index (χ1v) is 5.68. The molecule has 0 aliphatic rings. The van der Waals surface area contributed by atoms with Crippen LogP contribution in [0.25, 0.3) is 0 Å². The fourth-order valence-electron chi connectivity index (χ4n) is 1.62. The van der Waals surface area contributed by atoms with Gasteiger partial charge in [-0.1, -0.05) is 30.3 Å². The van der Waals surface area contributed by atoms with Gasteiger partial charge in [-0.05, 0) is 25.5 Å². The number of hydrogen-bond acceptors (Lipinski definition) is 4. The first kappa shape index (κ1) is 12.2. The molecule has 0 aliphatic heterocycles. The Balaban J connectivity index is 2.04. The van der Waals surface area contributed by atoms with Crippen molar-refractivity contribution in [2.45, 2.75) is 20.5 Å². The van der Waals surface area contributed by atoms with E-state index in [2.05, 4.69) is 9.97 Å². The largest absolute Gasteiger partial charge is 0.456 e. The summed E-state index contributed by atoms with van der Waals surface area (Å²) < 4.78 is 5.19. The molecule has 0 saturated carbocycles. The van der Waals surface area contributed by atoms with Gasteiger partial charge in [-0.3, -0.25) is 0 Å². The number of rotatable bonds is 3. The van der Waals surface area contributed by atoms with Crippen LogP contribution < -0.4 is 0 Å². The maximum atomic E-state index is 11.8. The number of nitrogens with zero attached hydrogens (tertiary/aromatic N) is 2. The monoisotopic (exact) mass is 242 g/mol. The minimum Gasteiger partial charge on any atom is -0.456 e. The van der Waals surface area contributed by atoms with Gasteiger partial charge in [-0.25, -0.2) is 14.8 Å². The van der Waals surface area contributed by atoms with Crippen molar-refractivity contribution < 1.29 is 9.53 Å². The number of aromatic nitrogens is 2. The summed E-state index contributed by atoms with van der Waals surface area (Å²) in [4.78, 5) is 20.0. The molecular formula is C14H14N2O2. The average molecular weight is 242 g/mol. The number of carbonyl (C=O) groups excluding carboxylic acids is 1. The van der Waals surface area contributed by atoms with E-state index in [0.717, 1.165) is 11.3 Å². The van der Waals surface area contributed by atoms with E-state index in [4.69, 9.17) is 4.74 Å². The van der Waals surface area contributed by atoms with Gasteiger partial charge in [0.25, 0.3) is 0 Å². The van der Waals surface area contributed by atoms with E-state index in [1.54, 1.807) is 13.0 Å².